The molecule has 0 radical (unpaired) electrons. The highest BCUT2D eigenvalue weighted by molar-refractivity contribution is 9.10. The predicted molar refractivity (Wildman–Crippen MR) is 79.7 cm³/mol. The summed E-state index contributed by atoms with van der Waals surface area (Å²) in [6, 6.07) is 2.78. The number of rotatable bonds is 5. The van der Waals surface area contributed by atoms with Gasteiger partial charge in [0.15, 0.2) is 0 Å². The van der Waals surface area contributed by atoms with E-state index in [2.05, 4.69) is 46.1 Å². The molecular formula is C15H23BrN2. The number of hydrogen-bond acceptors (Lipinski definition) is 2. The minimum absolute atomic E-state index is 0.451. The lowest BCUT2D eigenvalue weighted by Gasteiger charge is -2.30. The Morgan fingerprint density at radius 1 is 1.33 bits per heavy atom. The molecule has 1 saturated carbocycles. The summed E-state index contributed by atoms with van der Waals surface area (Å²) >= 11 is 3.51. The Kier molecular flexibility index (Phi) is 4.79. The van der Waals surface area contributed by atoms with Gasteiger partial charge < -0.3 is 5.32 Å². The smallest absolute Gasteiger partial charge is 0.0410 e. The number of hydrogen-bond donors (Lipinski definition) is 1. The van der Waals surface area contributed by atoms with E-state index in [-0.39, 0.29) is 0 Å². The van der Waals surface area contributed by atoms with Crippen LogP contribution in [0.3, 0.4) is 0 Å². The first kappa shape index (κ1) is 14.0. The van der Waals surface area contributed by atoms with Crippen molar-refractivity contribution in [2.45, 2.75) is 52.0 Å². The zero-order valence-corrected chi connectivity index (χ0v) is 13.0. The summed E-state index contributed by atoms with van der Waals surface area (Å²) in [6.07, 6.45) is 10.5. The van der Waals surface area contributed by atoms with Gasteiger partial charge in [-0.2, -0.15) is 0 Å². The van der Waals surface area contributed by atoms with E-state index in [9.17, 15) is 0 Å². The molecule has 0 amide bonds. The molecule has 0 bridgehead atoms. The number of pyridine rings is 1. The molecule has 2 nitrogen and oxygen atoms in total. The number of aromatic nitrogens is 1. The van der Waals surface area contributed by atoms with E-state index in [1.165, 1.54) is 31.2 Å². The molecule has 100 valence electrons. The summed E-state index contributed by atoms with van der Waals surface area (Å²) in [5.74, 6) is 0. The SMILES string of the molecule is CC(C)NCC1(Cc2cncc(Br)c2)CCCC1. The van der Waals surface area contributed by atoms with Crippen LogP contribution >= 0.6 is 15.9 Å². The number of nitrogens with zero attached hydrogens (tertiary/aromatic N) is 1. The maximum Gasteiger partial charge on any atom is 0.0410 e. The highest BCUT2D eigenvalue weighted by atomic mass is 79.9. The summed E-state index contributed by atoms with van der Waals surface area (Å²) < 4.78 is 1.09. The maximum atomic E-state index is 4.29. The summed E-state index contributed by atoms with van der Waals surface area (Å²) in [4.78, 5) is 4.29. The van der Waals surface area contributed by atoms with Crippen molar-refractivity contribution in [3.63, 3.8) is 0 Å². The van der Waals surface area contributed by atoms with Crippen LogP contribution in [0.4, 0.5) is 0 Å². The van der Waals surface area contributed by atoms with E-state index in [1.807, 2.05) is 12.4 Å². The zero-order chi connectivity index (χ0) is 13.0. The average Bonchev–Trinajstić information content (AvgIpc) is 2.76. The third kappa shape index (κ3) is 3.79. The van der Waals surface area contributed by atoms with Gasteiger partial charge in [0.1, 0.15) is 0 Å². The molecule has 0 spiro atoms. The van der Waals surface area contributed by atoms with Crippen LogP contribution in [0.15, 0.2) is 22.9 Å². The third-order valence-corrected chi connectivity index (χ3v) is 4.32. The van der Waals surface area contributed by atoms with Crippen molar-refractivity contribution in [2.24, 2.45) is 5.41 Å². The Bertz CT molecular complexity index is 384. The van der Waals surface area contributed by atoms with E-state index in [0.29, 0.717) is 11.5 Å². The molecule has 0 atom stereocenters. The van der Waals surface area contributed by atoms with Crippen molar-refractivity contribution in [1.82, 2.24) is 10.3 Å². The lowest BCUT2D eigenvalue weighted by Crippen LogP contribution is -2.37. The lowest BCUT2D eigenvalue weighted by molar-refractivity contribution is 0.269. The largest absolute Gasteiger partial charge is 0.314 e. The minimum atomic E-state index is 0.451. The van der Waals surface area contributed by atoms with E-state index in [0.717, 1.165) is 17.4 Å². The van der Waals surface area contributed by atoms with Crippen LogP contribution in [0.1, 0.15) is 45.1 Å². The van der Waals surface area contributed by atoms with Crippen molar-refractivity contribution in [3.8, 4) is 0 Å². The van der Waals surface area contributed by atoms with E-state index >= 15 is 0 Å². The summed E-state index contributed by atoms with van der Waals surface area (Å²) in [5, 5.41) is 3.63. The summed E-state index contributed by atoms with van der Waals surface area (Å²) in [7, 11) is 0. The van der Waals surface area contributed by atoms with Crippen LogP contribution < -0.4 is 5.32 Å². The number of halogens is 1. The standard InChI is InChI=1S/C15H23BrN2/c1-12(2)18-11-15(5-3-4-6-15)8-13-7-14(16)10-17-9-13/h7,9-10,12,18H,3-6,8,11H2,1-2H3. The molecule has 3 heteroatoms. The topological polar surface area (TPSA) is 24.9 Å². The Hall–Kier alpha value is -0.410. The van der Waals surface area contributed by atoms with Crippen molar-refractivity contribution in [1.29, 1.82) is 0 Å². The van der Waals surface area contributed by atoms with Crippen molar-refractivity contribution < 1.29 is 0 Å². The predicted octanol–water partition coefficient (Wildman–Crippen LogP) is 3.95. The molecule has 2 rings (SSSR count). The molecule has 1 aromatic heterocycles. The first-order valence-corrected chi connectivity index (χ1v) is 7.72. The molecule has 1 heterocycles. The summed E-state index contributed by atoms with van der Waals surface area (Å²) in [6.45, 7) is 5.59. The van der Waals surface area contributed by atoms with Gasteiger partial charge in [0.05, 0.1) is 0 Å². The second kappa shape index (κ2) is 6.16. The number of nitrogens with one attached hydrogen (secondary N) is 1. The van der Waals surface area contributed by atoms with Crippen LogP contribution in [0.5, 0.6) is 0 Å². The molecule has 1 aliphatic carbocycles. The van der Waals surface area contributed by atoms with Gasteiger partial charge in [-0.25, -0.2) is 0 Å². The quantitative estimate of drug-likeness (QED) is 0.891. The fourth-order valence-corrected chi connectivity index (χ4v) is 3.36. The van der Waals surface area contributed by atoms with Gasteiger partial charge in [0.2, 0.25) is 0 Å². The first-order valence-electron chi connectivity index (χ1n) is 6.92. The summed E-state index contributed by atoms with van der Waals surface area (Å²) in [5.41, 5.74) is 1.81. The highest BCUT2D eigenvalue weighted by Crippen LogP contribution is 2.40. The normalized spacial score (nSPS) is 18.4. The molecule has 1 N–H and O–H groups in total. The van der Waals surface area contributed by atoms with Crippen molar-refractivity contribution in [2.75, 3.05) is 6.54 Å². The fraction of sp³-hybridized carbons (Fsp3) is 0.667. The van der Waals surface area contributed by atoms with E-state index in [4.69, 9.17) is 0 Å². The molecule has 1 aromatic rings. The molecule has 1 aliphatic rings. The van der Waals surface area contributed by atoms with Crippen molar-refractivity contribution in [3.05, 3.63) is 28.5 Å². The monoisotopic (exact) mass is 310 g/mol. The van der Waals surface area contributed by atoms with Gasteiger partial charge in [-0.15, -0.1) is 0 Å². The molecule has 0 aliphatic heterocycles. The van der Waals surface area contributed by atoms with E-state index < -0.39 is 0 Å². The van der Waals surface area contributed by atoms with Gasteiger partial charge in [0, 0.05) is 29.5 Å². The molecule has 0 unspecified atom stereocenters. The molecule has 18 heavy (non-hydrogen) atoms. The van der Waals surface area contributed by atoms with Crippen LogP contribution in [0.25, 0.3) is 0 Å². The second-order valence-corrected chi connectivity index (χ2v) is 6.85. The van der Waals surface area contributed by atoms with E-state index in [1.54, 1.807) is 0 Å². The van der Waals surface area contributed by atoms with Crippen LogP contribution in [-0.2, 0) is 6.42 Å². The van der Waals surface area contributed by atoms with Crippen LogP contribution in [0, 0.1) is 5.41 Å². The molecular weight excluding hydrogens is 288 g/mol. The first-order chi connectivity index (χ1) is 8.60. The van der Waals surface area contributed by atoms with Gasteiger partial charge in [-0.05, 0) is 52.2 Å². The Balaban J connectivity index is 2.06. The Morgan fingerprint density at radius 2 is 2.06 bits per heavy atom. The highest BCUT2D eigenvalue weighted by Gasteiger charge is 2.33. The average molecular weight is 311 g/mol. The van der Waals surface area contributed by atoms with Gasteiger partial charge in [-0.1, -0.05) is 26.7 Å². The second-order valence-electron chi connectivity index (χ2n) is 5.93. The molecule has 1 fully saturated rings. The lowest BCUT2D eigenvalue weighted by atomic mass is 9.80. The van der Waals surface area contributed by atoms with Gasteiger partial charge >= 0.3 is 0 Å². The van der Waals surface area contributed by atoms with Gasteiger partial charge in [0.25, 0.3) is 0 Å². The zero-order valence-electron chi connectivity index (χ0n) is 11.4. The maximum absolute atomic E-state index is 4.29. The molecule has 0 saturated heterocycles. The van der Waals surface area contributed by atoms with Crippen molar-refractivity contribution >= 4 is 15.9 Å². The Morgan fingerprint density at radius 3 is 2.67 bits per heavy atom. The Labute approximate surface area is 119 Å². The third-order valence-electron chi connectivity index (χ3n) is 3.89. The van der Waals surface area contributed by atoms with Gasteiger partial charge in [-0.3, -0.25) is 4.98 Å². The van der Waals surface area contributed by atoms with Crippen LogP contribution in [-0.4, -0.2) is 17.6 Å². The fourth-order valence-electron chi connectivity index (χ4n) is 2.95. The molecule has 0 aromatic carbocycles. The minimum Gasteiger partial charge on any atom is -0.314 e. The van der Waals surface area contributed by atoms with Crippen LogP contribution in [0.2, 0.25) is 0 Å².